The summed E-state index contributed by atoms with van der Waals surface area (Å²) in [6.07, 6.45) is 6.60. The second kappa shape index (κ2) is 3.78. The van der Waals surface area contributed by atoms with Crippen molar-refractivity contribution in [3.63, 3.8) is 0 Å². The minimum atomic E-state index is 0.433. The van der Waals surface area contributed by atoms with Crippen molar-refractivity contribution in [2.45, 2.75) is 58.9 Å². The van der Waals surface area contributed by atoms with E-state index in [0.29, 0.717) is 11.5 Å². The molecule has 0 aromatic heterocycles. The molecule has 1 saturated carbocycles. The summed E-state index contributed by atoms with van der Waals surface area (Å²) >= 11 is 0. The third-order valence-electron chi connectivity index (χ3n) is 3.89. The standard InChI is InChI=1S/C11H23N/c1-4-6-9-7-8-11(9,3)10(12)5-2/h9-10H,4-8,12H2,1-3H3. The van der Waals surface area contributed by atoms with Gasteiger partial charge in [-0.05, 0) is 30.6 Å². The summed E-state index contributed by atoms with van der Waals surface area (Å²) in [5.74, 6) is 0.914. The minimum Gasteiger partial charge on any atom is -0.327 e. The van der Waals surface area contributed by atoms with Gasteiger partial charge in [0.15, 0.2) is 0 Å². The van der Waals surface area contributed by atoms with Gasteiger partial charge in [0.25, 0.3) is 0 Å². The van der Waals surface area contributed by atoms with E-state index in [-0.39, 0.29) is 0 Å². The molecule has 1 fully saturated rings. The molecular weight excluding hydrogens is 146 g/mol. The summed E-state index contributed by atoms with van der Waals surface area (Å²) in [4.78, 5) is 0. The van der Waals surface area contributed by atoms with Crippen LogP contribution in [0, 0.1) is 11.3 Å². The maximum absolute atomic E-state index is 6.13. The van der Waals surface area contributed by atoms with Gasteiger partial charge in [0, 0.05) is 6.04 Å². The third kappa shape index (κ3) is 1.52. The molecule has 0 radical (unpaired) electrons. The first-order valence-corrected chi connectivity index (χ1v) is 5.40. The van der Waals surface area contributed by atoms with E-state index in [1.165, 1.54) is 25.7 Å². The summed E-state index contributed by atoms with van der Waals surface area (Å²) in [6, 6.07) is 0.433. The summed E-state index contributed by atoms with van der Waals surface area (Å²) in [5, 5.41) is 0. The molecule has 1 nitrogen and oxygen atoms in total. The van der Waals surface area contributed by atoms with Crippen molar-refractivity contribution in [3.8, 4) is 0 Å². The second-order valence-electron chi connectivity index (χ2n) is 4.54. The average molecular weight is 169 g/mol. The predicted molar refractivity (Wildman–Crippen MR) is 54.0 cm³/mol. The van der Waals surface area contributed by atoms with E-state index in [1.807, 2.05) is 0 Å². The van der Waals surface area contributed by atoms with Crippen LogP contribution in [0.2, 0.25) is 0 Å². The van der Waals surface area contributed by atoms with Crippen LogP contribution < -0.4 is 5.73 Å². The number of rotatable bonds is 4. The lowest BCUT2D eigenvalue weighted by Gasteiger charge is -2.51. The highest BCUT2D eigenvalue weighted by atomic mass is 14.7. The molecule has 3 unspecified atom stereocenters. The molecule has 2 N–H and O–H groups in total. The summed E-state index contributed by atoms with van der Waals surface area (Å²) in [5.41, 5.74) is 6.61. The molecule has 0 amide bonds. The fourth-order valence-electron chi connectivity index (χ4n) is 2.58. The summed E-state index contributed by atoms with van der Waals surface area (Å²) < 4.78 is 0. The van der Waals surface area contributed by atoms with Crippen molar-refractivity contribution in [1.29, 1.82) is 0 Å². The van der Waals surface area contributed by atoms with Crippen LogP contribution in [0.4, 0.5) is 0 Å². The number of hydrogen-bond acceptors (Lipinski definition) is 1. The van der Waals surface area contributed by atoms with Gasteiger partial charge in [-0.1, -0.05) is 33.6 Å². The van der Waals surface area contributed by atoms with Crippen molar-refractivity contribution in [2.75, 3.05) is 0 Å². The molecular formula is C11H23N. The van der Waals surface area contributed by atoms with Crippen LogP contribution >= 0.6 is 0 Å². The molecule has 0 saturated heterocycles. The quantitative estimate of drug-likeness (QED) is 0.688. The molecule has 1 aliphatic carbocycles. The fourth-order valence-corrected chi connectivity index (χ4v) is 2.58. The van der Waals surface area contributed by atoms with Gasteiger partial charge in [-0.3, -0.25) is 0 Å². The SMILES string of the molecule is CCCC1CCC1(C)C(N)CC. The Balaban J connectivity index is 2.48. The monoisotopic (exact) mass is 169 g/mol. The average Bonchev–Trinajstić information content (AvgIpc) is 2.09. The van der Waals surface area contributed by atoms with Crippen molar-refractivity contribution in [2.24, 2.45) is 17.1 Å². The molecule has 0 aliphatic heterocycles. The Kier molecular flexibility index (Phi) is 3.16. The van der Waals surface area contributed by atoms with E-state index in [0.717, 1.165) is 12.3 Å². The molecule has 3 atom stereocenters. The normalized spacial score (nSPS) is 37.5. The van der Waals surface area contributed by atoms with Crippen LogP contribution in [0.1, 0.15) is 52.9 Å². The molecule has 0 bridgehead atoms. The first kappa shape index (κ1) is 10.0. The topological polar surface area (TPSA) is 26.0 Å². The van der Waals surface area contributed by atoms with E-state index < -0.39 is 0 Å². The Morgan fingerprint density at radius 2 is 2.17 bits per heavy atom. The zero-order valence-corrected chi connectivity index (χ0v) is 8.77. The van der Waals surface area contributed by atoms with E-state index >= 15 is 0 Å². The van der Waals surface area contributed by atoms with Gasteiger partial charge in [-0.15, -0.1) is 0 Å². The van der Waals surface area contributed by atoms with Crippen LogP contribution in [0.5, 0.6) is 0 Å². The smallest absolute Gasteiger partial charge is 0.00929 e. The van der Waals surface area contributed by atoms with Crippen molar-refractivity contribution >= 4 is 0 Å². The highest BCUT2D eigenvalue weighted by molar-refractivity contribution is 4.98. The maximum Gasteiger partial charge on any atom is 0.00929 e. The Bertz CT molecular complexity index is 144. The van der Waals surface area contributed by atoms with Crippen LogP contribution in [0.3, 0.4) is 0 Å². The number of hydrogen-bond donors (Lipinski definition) is 1. The van der Waals surface area contributed by atoms with Crippen molar-refractivity contribution < 1.29 is 0 Å². The van der Waals surface area contributed by atoms with E-state index in [4.69, 9.17) is 5.73 Å². The summed E-state index contributed by atoms with van der Waals surface area (Å²) in [7, 11) is 0. The molecule has 0 aromatic rings. The van der Waals surface area contributed by atoms with Gasteiger partial charge in [0.1, 0.15) is 0 Å². The van der Waals surface area contributed by atoms with Crippen LogP contribution in [-0.4, -0.2) is 6.04 Å². The molecule has 1 rings (SSSR count). The highest BCUT2D eigenvalue weighted by Crippen LogP contribution is 2.51. The highest BCUT2D eigenvalue weighted by Gasteiger charge is 2.45. The van der Waals surface area contributed by atoms with Crippen LogP contribution in [0.25, 0.3) is 0 Å². The third-order valence-corrected chi connectivity index (χ3v) is 3.89. The maximum atomic E-state index is 6.13. The first-order valence-electron chi connectivity index (χ1n) is 5.40. The summed E-state index contributed by atoms with van der Waals surface area (Å²) in [6.45, 7) is 6.86. The van der Waals surface area contributed by atoms with Crippen LogP contribution in [0.15, 0.2) is 0 Å². The Morgan fingerprint density at radius 3 is 2.50 bits per heavy atom. The zero-order chi connectivity index (χ0) is 9.19. The Morgan fingerprint density at radius 1 is 1.50 bits per heavy atom. The van der Waals surface area contributed by atoms with Crippen molar-refractivity contribution in [1.82, 2.24) is 0 Å². The largest absolute Gasteiger partial charge is 0.327 e. The molecule has 1 aliphatic rings. The lowest BCUT2D eigenvalue weighted by molar-refractivity contribution is 0.0138. The van der Waals surface area contributed by atoms with Gasteiger partial charge in [0.2, 0.25) is 0 Å². The van der Waals surface area contributed by atoms with E-state index in [2.05, 4.69) is 20.8 Å². The lowest BCUT2D eigenvalue weighted by Crippen LogP contribution is -2.50. The fraction of sp³-hybridized carbons (Fsp3) is 1.00. The van der Waals surface area contributed by atoms with E-state index in [1.54, 1.807) is 0 Å². The van der Waals surface area contributed by atoms with Gasteiger partial charge in [-0.2, -0.15) is 0 Å². The van der Waals surface area contributed by atoms with Crippen LogP contribution in [-0.2, 0) is 0 Å². The molecule has 0 spiro atoms. The predicted octanol–water partition coefficient (Wildman–Crippen LogP) is 2.94. The number of nitrogens with two attached hydrogens (primary N) is 1. The molecule has 0 aromatic carbocycles. The van der Waals surface area contributed by atoms with E-state index in [9.17, 15) is 0 Å². The van der Waals surface area contributed by atoms with Gasteiger partial charge in [-0.25, -0.2) is 0 Å². The molecule has 1 heteroatoms. The van der Waals surface area contributed by atoms with Gasteiger partial charge >= 0.3 is 0 Å². The minimum absolute atomic E-state index is 0.433. The van der Waals surface area contributed by atoms with Gasteiger partial charge < -0.3 is 5.73 Å². The lowest BCUT2D eigenvalue weighted by atomic mass is 9.56. The molecule has 0 heterocycles. The zero-order valence-electron chi connectivity index (χ0n) is 8.77. The molecule has 72 valence electrons. The Hall–Kier alpha value is -0.0400. The Labute approximate surface area is 76.7 Å². The first-order chi connectivity index (χ1) is 5.65. The van der Waals surface area contributed by atoms with Gasteiger partial charge in [0.05, 0.1) is 0 Å². The van der Waals surface area contributed by atoms with Crippen molar-refractivity contribution in [3.05, 3.63) is 0 Å². The molecule has 12 heavy (non-hydrogen) atoms. The second-order valence-corrected chi connectivity index (χ2v) is 4.54.